The fourth-order valence-corrected chi connectivity index (χ4v) is 2.84. The second-order valence-corrected chi connectivity index (χ2v) is 7.25. The third-order valence-electron chi connectivity index (χ3n) is 3.92. The van der Waals surface area contributed by atoms with Crippen molar-refractivity contribution < 1.29 is 9.47 Å². The lowest BCUT2D eigenvalue weighted by Gasteiger charge is -2.37. The molecule has 1 aromatic rings. The molecule has 0 bridgehead atoms. The van der Waals surface area contributed by atoms with E-state index in [1.54, 1.807) is 0 Å². The van der Waals surface area contributed by atoms with Gasteiger partial charge in [-0.05, 0) is 52.9 Å². The summed E-state index contributed by atoms with van der Waals surface area (Å²) in [6, 6.07) is 6.28. The van der Waals surface area contributed by atoms with Crippen LogP contribution in [0, 0.1) is 5.41 Å². The molecule has 0 radical (unpaired) electrons. The predicted molar refractivity (Wildman–Crippen MR) is 78.4 cm³/mol. The molecular formula is C15H20BrNO2. The zero-order valence-corrected chi connectivity index (χ0v) is 12.8. The van der Waals surface area contributed by atoms with Gasteiger partial charge >= 0.3 is 0 Å². The Labute approximate surface area is 122 Å². The van der Waals surface area contributed by atoms with E-state index in [0.717, 1.165) is 42.7 Å². The molecule has 1 saturated heterocycles. The summed E-state index contributed by atoms with van der Waals surface area (Å²) in [5.74, 6) is 0.902. The molecular weight excluding hydrogens is 306 g/mol. The smallest absolute Gasteiger partial charge is 0.133 e. The molecule has 0 unspecified atom stereocenters. The summed E-state index contributed by atoms with van der Waals surface area (Å²) < 4.78 is 12.1. The summed E-state index contributed by atoms with van der Waals surface area (Å²) >= 11 is 3.59. The highest BCUT2D eigenvalue weighted by atomic mass is 79.9. The molecule has 1 aromatic carbocycles. The van der Waals surface area contributed by atoms with E-state index in [1.165, 1.54) is 5.56 Å². The second-order valence-electron chi connectivity index (χ2n) is 6.40. The molecule has 4 heteroatoms. The molecule has 1 heterocycles. The standard InChI is InChI=1S/C15H20BrNO2/c1-14(8-18-9-14)10-19-13-3-2-11(6-12(13)16)7-15(17)4-5-15/h2-3,6H,4-5,7-10,17H2,1H3. The Bertz CT molecular complexity index is 481. The molecule has 2 N–H and O–H groups in total. The summed E-state index contributed by atoms with van der Waals surface area (Å²) in [6.07, 6.45) is 3.24. The lowest BCUT2D eigenvalue weighted by Crippen LogP contribution is -2.44. The maximum atomic E-state index is 6.15. The molecule has 0 atom stereocenters. The number of ether oxygens (including phenoxy) is 2. The average molecular weight is 326 g/mol. The van der Waals surface area contributed by atoms with Crippen LogP contribution in [-0.2, 0) is 11.2 Å². The SMILES string of the molecule is CC1(COc2ccc(CC3(N)CC3)cc2Br)COC1. The van der Waals surface area contributed by atoms with Gasteiger partial charge in [0.2, 0.25) is 0 Å². The number of benzene rings is 1. The van der Waals surface area contributed by atoms with E-state index in [0.29, 0.717) is 6.61 Å². The van der Waals surface area contributed by atoms with Crippen LogP contribution in [0.15, 0.2) is 22.7 Å². The maximum Gasteiger partial charge on any atom is 0.133 e. The average Bonchev–Trinajstić information content (AvgIpc) is 3.03. The Kier molecular flexibility index (Phi) is 3.36. The van der Waals surface area contributed by atoms with Crippen LogP contribution in [-0.4, -0.2) is 25.4 Å². The molecule has 3 nitrogen and oxygen atoms in total. The molecule has 2 fully saturated rings. The van der Waals surface area contributed by atoms with Gasteiger partial charge in [0, 0.05) is 11.0 Å². The van der Waals surface area contributed by atoms with Crippen LogP contribution in [0.4, 0.5) is 0 Å². The molecule has 0 spiro atoms. The first-order valence-corrected chi connectivity index (χ1v) is 7.55. The predicted octanol–water partition coefficient (Wildman–Crippen LogP) is 2.90. The second kappa shape index (κ2) is 4.76. The summed E-state index contributed by atoms with van der Waals surface area (Å²) in [5, 5.41) is 0. The van der Waals surface area contributed by atoms with Crippen LogP contribution in [0.3, 0.4) is 0 Å². The topological polar surface area (TPSA) is 44.5 Å². The number of nitrogens with two attached hydrogens (primary N) is 1. The molecule has 2 aliphatic rings. The largest absolute Gasteiger partial charge is 0.492 e. The van der Waals surface area contributed by atoms with Crippen LogP contribution in [0.25, 0.3) is 0 Å². The molecule has 0 amide bonds. The van der Waals surface area contributed by atoms with Gasteiger partial charge in [-0.3, -0.25) is 0 Å². The monoisotopic (exact) mass is 325 g/mol. The van der Waals surface area contributed by atoms with E-state index in [2.05, 4.69) is 35.0 Å². The third kappa shape index (κ3) is 3.12. The van der Waals surface area contributed by atoms with Crippen molar-refractivity contribution >= 4 is 15.9 Å². The zero-order valence-electron chi connectivity index (χ0n) is 11.2. The highest BCUT2D eigenvalue weighted by Gasteiger charge is 2.38. The Morgan fingerprint density at radius 2 is 2.11 bits per heavy atom. The zero-order chi connectivity index (χ0) is 13.5. The van der Waals surface area contributed by atoms with E-state index in [-0.39, 0.29) is 11.0 Å². The van der Waals surface area contributed by atoms with Crippen molar-refractivity contribution in [3.8, 4) is 5.75 Å². The van der Waals surface area contributed by atoms with Gasteiger partial charge in [-0.25, -0.2) is 0 Å². The van der Waals surface area contributed by atoms with Crippen molar-refractivity contribution in [3.05, 3.63) is 28.2 Å². The summed E-state index contributed by atoms with van der Waals surface area (Å²) in [6.45, 7) is 4.46. The fraction of sp³-hybridized carbons (Fsp3) is 0.600. The molecule has 19 heavy (non-hydrogen) atoms. The summed E-state index contributed by atoms with van der Waals surface area (Å²) in [7, 11) is 0. The number of halogens is 1. The maximum absolute atomic E-state index is 6.15. The summed E-state index contributed by atoms with van der Waals surface area (Å²) in [4.78, 5) is 0. The van der Waals surface area contributed by atoms with Crippen LogP contribution in [0.2, 0.25) is 0 Å². The van der Waals surface area contributed by atoms with Crippen molar-refractivity contribution in [1.82, 2.24) is 0 Å². The lowest BCUT2D eigenvalue weighted by atomic mass is 9.90. The first-order valence-electron chi connectivity index (χ1n) is 6.76. The highest BCUT2D eigenvalue weighted by molar-refractivity contribution is 9.10. The molecule has 0 aromatic heterocycles. The first-order chi connectivity index (χ1) is 8.98. The minimum atomic E-state index is 0.0541. The molecule has 1 aliphatic carbocycles. The van der Waals surface area contributed by atoms with Crippen LogP contribution in [0.5, 0.6) is 5.75 Å². The highest BCUT2D eigenvalue weighted by Crippen LogP contribution is 2.37. The van der Waals surface area contributed by atoms with Gasteiger partial charge in [0.15, 0.2) is 0 Å². The van der Waals surface area contributed by atoms with E-state index in [9.17, 15) is 0 Å². The van der Waals surface area contributed by atoms with Crippen molar-refractivity contribution in [2.45, 2.75) is 31.7 Å². The Balaban J connectivity index is 1.62. The normalized spacial score (nSPS) is 22.7. The van der Waals surface area contributed by atoms with Crippen molar-refractivity contribution in [1.29, 1.82) is 0 Å². The van der Waals surface area contributed by atoms with Crippen LogP contribution >= 0.6 is 15.9 Å². The van der Waals surface area contributed by atoms with Crippen molar-refractivity contribution in [2.24, 2.45) is 11.1 Å². The minimum absolute atomic E-state index is 0.0541. The van der Waals surface area contributed by atoms with Gasteiger partial charge in [0.1, 0.15) is 5.75 Å². The number of hydrogen-bond acceptors (Lipinski definition) is 3. The fourth-order valence-electron chi connectivity index (χ4n) is 2.30. The van der Waals surface area contributed by atoms with Gasteiger partial charge in [-0.2, -0.15) is 0 Å². The van der Waals surface area contributed by atoms with Gasteiger partial charge in [0.25, 0.3) is 0 Å². The van der Waals surface area contributed by atoms with E-state index >= 15 is 0 Å². The van der Waals surface area contributed by atoms with Gasteiger partial charge in [-0.1, -0.05) is 13.0 Å². The first kappa shape index (κ1) is 13.4. The van der Waals surface area contributed by atoms with Gasteiger partial charge < -0.3 is 15.2 Å². The Morgan fingerprint density at radius 1 is 1.37 bits per heavy atom. The van der Waals surface area contributed by atoms with Gasteiger partial charge in [0.05, 0.1) is 24.3 Å². The van der Waals surface area contributed by atoms with Gasteiger partial charge in [-0.15, -0.1) is 0 Å². The molecule has 104 valence electrons. The lowest BCUT2D eigenvalue weighted by molar-refractivity contribution is -0.120. The van der Waals surface area contributed by atoms with E-state index < -0.39 is 0 Å². The number of hydrogen-bond donors (Lipinski definition) is 1. The number of rotatable bonds is 5. The third-order valence-corrected chi connectivity index (χ3v) is 4.54. The van der Waals surface area contributed by atoms with Crippen LogP contribution in [0.1, 0.15) is 25.3 Å². The quantitative estimate of drug-likeness (QED) is 0.905. The van der Waals surface area contributed by atoms with Crippen molar-refractivity contribution in [2.75, 3.05) is 19.8 Å². The van der Waals surface area contributed by atoms with E-state index in [1.807, 2.05) is 6.07 Å². The van der Waals surface area contributed by atoms with E-state index in [4.69, 9.17) is 15.2 Å². The van der Waals surface area contributed by atoms with Crippen LogP contribution < -0.4 is 10.5 Å². The molecule has 3 rings (SSSR count). The Hall–Kier alpha value is -0.580. The Morgan fingerprint density at radius 3 is 2.63 bits per heavy atom. The van der Waals surface area contributed by atoms with Crippen molar-refractivity contribution in [3.63, 3.8) is 0 Å². The molecule has 1 saturated carbocycles. The minimum Gasteiger partial charge on any atom is -0.492 e. The molecule has 1 aliphatic heterocycles. The summed E-state index contributed by atoms with van der Waals surface area (Å²) in [5.41, 5.74) is 7.65.